The quantitative estimate of drug-likeness (QED) is 0.714. The van der Waals surface area contributed by atoms with Gasteiger partial charge in [0.25, 0.3) is 0 Å². The van der Waals surface area contributed by atoms with Gasteiger partial charge in [-0.25, -0.2) is 4.98 Å². The lowest BCUT2D eigenvalue weighted by atomic mass is 10.0. The third kappa shape index (κ3) is 1.89. The maximum atomic E-state index is 8.33. The zero-order valence-electron chi connectivity index (χ0n) is 13.9. The lowest BCUT2D eigenvalue weighted by Crippen LogP contribution is -2.12. The first-order valence-corrected chi connectivity index (χ1v) is 7.76. The van der Waals surface area contributed by atoms with Crippen LogP contribution in [0.1, 0.15) is 13.9 Å². The Labute approximate surface area is 134 Å². The highest BCUT2D eigenvalue weighted by Gasteiger charge is 2.18. The van der Waals surface area contributed by atoms with E-state index in [0.29, 0.717) is 11.8 Å². The van der Waals surface area contributed by atoms with Crippen LogP contribution < -0.4 is 4.90 Å². The normalized spacial score (nSPS) is 15.3. The van der Waals surface area contributed by atoms with E-state index in [4.69, 9.17) is 2.74 Å². The number of hydrogen-bond donors (Lipinski definition) is 1. The lowest BCUT2D eigenvalue weighted by Gasteiger charge is -2.13. The fourth-order valence-corrected chi connectivity index (χ4v) is 3.42. The molecule has 3 aromatic rings. The number of hydrogen-bond acceptors (Lipinski definition) is 2. The zero-order chi connectivity index (χ0) is 16.3. The molecule has 1 N–H and O–H groups in total. The maximum Gasteiger partial charge on any atom is 0.139 e. The van der Waals surface area contributed by atoms with Crippen molar-refractivity contribution < 1.29 is 2.74 Å². The van der Waals surface area contributed by atoms with Gasteiger partial charge >= 0.3 is 0 Å². The molecule has 0 aliphatic carbocycles. The number of aromatic amines is 1. The summed E-state index contributed by atoms with van der Waals surface area (Å²) < 4.78 is 17.1. The highest BCUT2D eigenvalue weighted by atomic mass is 79.9. The average Bonchev–Trinajstić information content (AvgIpc) is 3.05. The van der Waals surface area contributed by atoms with Gasteiger partial charge in [-0.1, -0.05) is 12.1 Å². The van der Waals surface area contributed by atoms with Crippen molar-refractivity contribution in [3.8, 4) is 11.1 Å². The van der Waals surface area contributed by atoms with Crippen molar-refractivity contribution in [2.75, 3.05) is 18.5 Å². The third-order valence-corrected chi connectivity index (χ3v) is 5.17. The Hall–Kier alpha value is -1.81. The summed E-state index contributed by atoms with van der Waals surface area (Å²) in [6.45, 7) is 2.91. The summed E-state index contributed by atoms with van der Waals surface area (Å²) >= 11 is 3.59. The van der Waals surface area contributed by atoms with Gasteiger partial charge in [0.1, 0.15) is 5.65 Å². The first-order chi connectivity index (χ1) is 11.0. The molecule has 4 rings (SSSR count). The molecule has 0 amide bonds. The van der Waals surface area contributed by atoms with E-state index in [1.54, 1.807) is 0 Å². The van der Waals surface area contributed by atoms with Gasteiger partial charge in [0.15, 0.2) is 0 Å². The molecule has 0 radical (unpaired) electrons. The number of benzene rings is 1. The summed E-state index contributed by atoms with van der Waals surface area (Å²) in [4.78, 5) is 9.53. The minimum absolute atomic E-state index is 0.228. The minimum Gasteiger partial charge on any atom is -0.374 e. The number of halogens is 1. The van der Waals surface area contributed by atoms with E-state index in [1.807, 2.05) is 6.92 Å². The molecule has 0 bridgehead atoms. The minimum atomic E-state index is 0.228. The Morgan fingerprint density at radius 2 is 2.29 bits per heavy atom. The number of aromatic nitrogens is 2. The molecule has 1 aromatic carbocycles. The van der Waals surface area contributed by atoms with Gasteiger partial charge in [-0.2, -0.15) is 0 Å². The monoisotopic (exact) mass is 343 g/mol. The van der Waals surface area contributed by atoms with Gasteiger partial charge in [-0.05, 0) is 52.0 Å². The van der Waals surface area contributed by atoms with E-state index in [0.717, 1.165) is 39.5 Å². The predicted molar refractivity (Wildman–Crippen MR) is 90.9 cm³/mol. The van der Waals surface area contributed by atoms with Crippen molar-refractivity contribution in [3.05, 3.63) is 46.1 Å². The van der Waals surface area contributed by atoms with E-state index in [2.05, 4.69) is 56.0 Å². The second-order valence-corrected chi connectivity index (χ2v) is 6.32. The summed E-state index contributed by atoms with van der Waals surface area (Å²) in [6, 6.07) is 6.38. The molecule has 3 nitrogen and oxygen atoms in total. The van der Waals surface area contributed by atoms with Gasteiger partial charge in [-0.3, -0.25) is 0 Å². The lowest BCUT2D eigenvalue weighted by molar-refractivity contribution is 0.956. The molecular formula is C17H16BrN3. The molecule has 21 heavy (non-hydrogen) atoms. The highest BCUT2D eigenvalue weighted by molar-refractivity contribution is 9.10. The van der Waals surface area contributed by atoms with Gasteiger partial charge < -0.3 is 9.88 Å². The van der Waals surface area contributed by atoms with Crippen LogP contribution in [0.3, 0.4) is 0 Å². The number of fused-ring (bicyclic) bond motifs is 2. The van der Waals surface area contributed by atoms with Crippen LogP contribution in [0.5, 0.6) is 0 Å². The van der Waals surface area contributed by atoms with Crippen LogP contribution in [0.15, 0.2) is 35.0 Å². The van der Waals surface area contributed by atoms with Crippen LogP contribution in [0, 0.1) is 6.92 Å². The maximum absolute atomic E-state index is 8.33. The summed E-state index contributed by atoms with van der Waals surface area (Å²) in [5.74, 6) is 0. The standard InChI is InChI=1S/C17H16BrN3/c1-10-8-19-17-15(16(10)18)13(9-20-17)12-4-3-11-5-6-21(2)14(11)7-12/h3-4,7-9H,5-6H2,1-2H3,(H,19,20)/i8D,9D. The fourth-order valence-electron chi connectivity index (χ4n) is 2.95. The van der Waals surface area contributed by atoms with Crippen molar-refractivity contribution in [1.82, 2.24) is 9.97 Å². The van der Waals surface area contributed by atoms with Crippen LogP contribution >= 0.6 is 15.9 Å². The van der Waals surface area contributed by atoms with Crippen molar-refractivity contribution in [2.45, 2.75) is 13.3 Å². The average molecular weight is 344 g/mol. The number of H-pyrrole nitrogens is 1. The van der Waals surface area contributed by atoms with Crippen LogP contribution in [0.4, 0.5) is 5.69 Å². The van der Waals surface area contributed by atoms with E-state index >= 15 is 0 Å². The summed E-state index contributed by atoms with van der Waals surface area (Å²) in [7, 11) is 2.10. The molecule has 2 aromatic heterocycles. The summed E-state index contributed by atoms with van der Waals surface area (Å²) in [5.41, 5.74) is 5.80. The molecule has 1 aliphatic rings. The Morgan fingerprint density at radius 1 is 1.43 bits per heavy atom. The fraction of sp³-hybridized carbons (Fsp3) is 0.235. The molecule has 0 unspecified atom stereocenters. The van der Waals surface area contributed by atoms with E-state index in [1.165, 1.54) is 11.3 Å². The number of anilines is 1. The molecule has 0 spiro atoms. The van der Waals surface area contributed by atoms with Crippen molar-refractivity contribution in [3.63, 3.8) is 0 Å². The zero-order valence-corrected chi connectivity index (χ0v) is 13.5. The Bertz CT molecular complexity index is 949. The van der Waals surface area contributed by atoms with Crippen LogP contribution in [-0.4, -0.2) is 23.6 Å². The Balaban J connectivity index is 2.01. The molecule has 0 saturated heterocycles. The third-order valence-electron chi connectivity index (χ3n) is 4.18. The first-order valence-electron chi connectivity index (χ1n) is 7.96. The topological polar surface area (TPSA) is 31.9 Å². The second-order valence-electron chi connectivity index (χ2n) is 5.53. The molecule has 4 heteroatoms. The van der Waals surface area contributed by atoms with E-state index in [9.17, 15) is 0 Å². The summed E-state index contributed by atoms with van der Waals surface area (Å²) in [6.07, 6.45) is 1.63. The smallest absolute Gasteiger partial charge is 0.139 e. The van der Waals surface area contributed by atoms with Gasteiger partial charge in [0, 0.05) is 47.0 Å². The number of likely N-dealkylation sites (N-methyl/N-ethyl adjacent to an activating group) is 1. The Kier molecular flexibility index (Phi) is 2.38. The largest absolute Gasteiger partial charge is 0.374 e. The predicted octanol–water partition coefficient (Wildman–Crippen LogP) is 4.29. The van der Waals surface area contributed by atoms with Gasteiger partial charge in [0.2, 0.25) is 0 Å². The van der Waals surface area contributed by atoms with Crippen LogP contribution in [0.25, 0.3) is 22.2 Å². The van der Waals surface area contributed by atoms with Gasteiger partial charge in [-0.15, -0.1) is 0 Å². The summed E-state index contributed by atoms with van der Waals surface area (Å²) in [5, 5.41) is 0.879. The number of rotatable bonds is 1. The van der Waals surface area contributed by atoms with Crippen molar-refractivity contribution >= 4 is 32.7 Å². The second kappa shape index (κ2) is 4.60. The molecule has 106 valence electrons. The van der Waals surface area contributed by atoms with Crippen molar-refractivity contribution in [1.29, 1.82) is 0 Å². The molecule has 3 heterocycles. The molecule has 0 atom stereocenters. The van der Waals surface area contributed by atoms with E-state index in [-0.39, 0.29) is 6.17 Å². The molecular weight excluding hydrogens is 326 g/mol. The van der Waals surface area contributed by atoms with Gasteiger partial charge in [0.05, 0.1) is 2.74 Å². The number of nitrogens with zero attached hydrogens (tertiary/aromatic N) is 2. The SMILES string of the molecule is [2H]c1nc2[nH]c([2H])c(-c3ccc4c(c3)N(C)CC4)c2c(Br)c1C. The van der Waals surface area contributed by atoms with E-state index < -0.39 is 0 Å². The number of nitrogens with one attached hydrogen (secondary N) is 1. The van der Waals surface area contributed by atoms with Crippen LogP contribution in [0.2, 0.25) is 0 Å². The first kappa shape index (κ1) is 10.9. The Morgan fingerprint density at radius 3 is 3.14 bits per heavy atom. The number of pyridine rings is 1. The molecule has 0 fully saturated rings. The van der Waals surface area contributed by atoms with Crippen LogP contribution in [-0.2, 0) is 6.42 Å². The molecule has 0 saturated carbocycles. The van der Waals surface area contributed by atoms with Crippen molar-refractivity contribution in [2.24, 2.45) is 0 Å². The highest BCUT2D eigenvalue weighted by Crippen LogP contribution is 2.37. The molecule has 1 aliphatic heterocycles.